The van der Waals surface area contributed by atoms with Gasteiger partial charge in [0, 0.05) is 23.0 Å². The normalized spacial score (nSPS) is 11.0. The molecule has 0 atom stereocenters. The number of carbonyl (C=O) groups is 1. The third-order valence-corrected chi connectivity index (χ3v) is 4.19. The molecule has 2 heterocycles. The summed E-state index contributed by atoms with van der Waals surface area (Å²) in [6.07, 6.45) is 1.67. The standard InChI is InChI=1S/C20H15NO5/c1-11-19(20(22)23)14-5-3-13(10-18(14)25-11)26-17-7-8-21-16-6-4-12(24-2)9-15(16)17/h3-10H,1-2H3,(H,22,23). The number of aryl methyl sites for hydroxylation is 1. The molecular formula is C20H15NO5. The van der Waals surface area contributed by atoms with Crippen molar-refractivity contribution in [2.75, 3.05) is 7.11 Å². The average molecular weight is 349 g/mol. The second-order valence-corrected chi connectivity index (χ2v) is 5.79. The van der Waals surface area contributed by atoms with E-state index in [-0.39, 0.29) is 5.56 Å². The summed E-state index contributed by atoms with van der Waals surface area (Å²) < 4.78 is 16.8. The van der Waals surface area contributed by atoms with E-state index in [4.69, 9.17) is 13.9 Å². The van der Waals surface area contributed by atoms with Gasteiger partial charge in [-0.1, -0.05) is 0 Å². The lowest BCUT2D eigenvalue weighted by Crippen LogP contribution is -1.96. The Morgan fingerprint density at radius 3 is 2.65 bits per heavy atom. The lowest BCUT2D eigenvalue weighted by Gasteiger charge is -2.09. The van der Waals surface area contributed by atoms with Gasteiger partial charge < -0.3 is 19.0 Å². The fourth-order valence-electron chi connectivity index (χ4n) is 2.97. The van der Waals surface area contributed by atoms with Crippen LogP contribution < -0.4 is 9.47 Å². The summed E-state index contributed by atoms with van der Waals surface area (Å²) in [5, 5.41) is 10.7. The number of ether oxygens (including phenoxy) is 2. The van der Waals surface area contributed by atoms with Crippen LogP contribution in [-0.2, 0) is 0 Å². The second-order valence-electron chi connectivity index (χ2n) is 5.79. The van der Waals surface area contributed by atoms with Gasteiger partial charge in [0.2, 0.25) is 0 Å². The molecule has 0 aliphatic carbocycles. The zero-order valence-corrected chi connectivity index (χ0v) is 14.1. The number of methoxy groups -OCH3 is 1. The lowest BCUT2D eigenvalue weighted by atomic mass is 10.1. The maximum absolute atomic E-state index is 11.4. The molecule has 0 aliphatic rings. The van der Waals surface area contributed by atoms with Gasteiger partial charge >= 0.3 is 5.97 Å². The predicted molar refractivity (Wildman–Crippen MR) is 96.3 cm³/mol. The molecule has 0 fully saturated rings. The van der Waals surface area contributed by atoms with E-state index in [9.17, 15) is 9.90 Å². The molecule has 1 N–H and O–H groups in total. The molecule has 4 rings (SSSR count). The molecule has 6 heteroatoms. The van der Waals surface area contributed by atoms with Crippen LogP contribution >= 0.6 is 0 Å². The van der Waals surface area contributed by atoms with Crippen LogP contribution in [0.25, 0.3) is 21.9 Å². The first-order valence-corrected chi connectivity index (χ1v) is 7.94. The minimum atomic E-state index is -1.01. The molecule has 2 aromatic carbocycles. The topological polar surface area (TPSA) is 81.8 Å². The molecule has 0 bridgehead atoms. The third-order valence-electron chi connectivity index (χ3n) is 4.19. The maximum Gasteiger partial charge on any atom is 0.339 e. The lowest BCUT2D eigenvalue weighted by molar-refractivity contribution is 0.0697. The molecular weight excluding hydrogens is 334 g/mol. The highest BCUT2D eigenvalue weighted by Crippen LogP contribution is 2.34. The first kappa shape index (κ1) is 16.0. The van der Waals surface area contributed by atoms with Crippen molar-refractivity contribution in [3.8, 4) is 17.2 Å². The largest absolute Gasteiger partial charge is 0.497 e. The molecule has 0 radical (unpaired) electrons. The smallest absolute Gasteiger partial charge is 0.339 e. The van der Waals surface area contributed by atoms with Gasteiger partial charge in [0.25, 0.3) is 0 Å². The van der Waals surface area contributed by atoms with Crippen molar-refractivity contribution in [2.24, 2.45) is 0 Å². The Morgan fingerprint density at radius 1 is 1.08 bits per heavy atom. The molecule has 0 unspecified atom stereocenters. The molecule has 130 valence electrons. The number of rotatable bonds is 4. The maximum atomic E-state index is 11.4. The van der Waals surface area contributed by atoms with E-state index in [1.165, 1.54) is 0 Å². The zero-order valence-electron chi connectivity index (χ0n) is 14.1. The monoisotopic (exact) mass is 349 g/mol. The van der Waals surface area contributed by atoms with Crippen LogP contribution in [0.15, 0.2) is 53.1 Å². The molecule has 0 saturated heterocycles. The summed E-state index contributed by atoms with van der Waals surface area (Å²) in [5.41, 5.74) is 1.42. The van der Waals surface area contributed by atoms with Crippen molar-refractivity contribution < 1.29 is 23.8 Å². The number of nitrogens with zero attached hydrogens (tertiary/aromatic N) is 1. The van der Waals surface area contributed by atoms with Gasteiger partial charge in [-0.2, -0.15) is 0 Å². The molecule has 0 aliphatic heterocycles. The summed E-state index contributed by atoms with van der Waals surface area (Å²) in [6, 6.07) is 12.4. The van der Waals surface area contributed by atoms with E-state index in [1.54, 1.807) is 44.5 Å². The van der Waals surface area contributed by atoms with Crippen molar-refractivity contribution in [1.29, 1.82) is 0 Å². The molecule has 0 spiro atoms. The summed E-state index contributed by atoms with van der Waals surface area (Å²) in [6.45, 7) is 1.63. The fourth-order valence-corrected chi connectivity index (χ4v) is 2.97. The highest BCUT2D eigenvalue weighted by Gasteiger charge is 2.18. The first-order chi connectivity index (χ1) is 12.6. The van der Waals surface area contributed by atoms with Crippen LogP contribution in [0.2, 0.25) is 0 Å². The van der Waals surface area contributed by atoms with Crippen LogP contribution in [0.4, 0.5) is 0 Å². The number of carboxylic acid groups (broad SMARTS) is 1. The van der Waals surface area contributed by atoms with Gasteiger partial charge in [0.05, 0.1) is 12.6 Å². The quantitative estimate of drug-likeness (QED) is 0.570. The number of aromatic carboxylic acids is 1. The van der Waals surface area contributed by atoms with E-state index in [0.29, 0.717) is 34.0 Å². The van der Waals surface area contributed by atoms with Crippen LogP contribution in [0.5, 0.6) is 17.2 Å². The SMILES string of the molecule is COc1ccc2nccc(Oc3ccc4c(C(=O)O)c(C)oc4c3)c2c1. The summed E-state index contributed by atoms with van der Waals surface area (Å²) >= 11 is 0. The Bertz CT molecular complexity index is 1150. The number of benzene rings is 2. The number of pyridine rings is 1. The number of carboxylic acids is 1. The first-order valence-electron chi connectivity index (χ1n) is 7.94. The van der Waals surface area contributed by atoms with Gasteiger partial charge in [0.1, 0.15) is 34.2 Å². The minimum absolute atomic E-state index is 0.172. The van der Waals surface area contributed by atoms with Crippen molar-refractivity contribution in [1.82, 2.24) is 4.98 Å². The highest BCUT2D eigenvalue weighted by atomic mass is 16.5. The van der Waals surface area contributed by atoms with Gasteiger partial charge in [-0.15, -0.1) is 0 Å². The molecule has 26 heavy (non-hydrogen) atoms. The van der Waals surface area contributed by atoms with E-state index in [1.807, 2.05) is 18.2 Å². The fraction of sp³-hybridized carbons (Fsp3) is 0.100. The second kappa shape index (κ2) is 6.07. The van der Waals surface area contributed by atoms with Crippen molar-refractivity contribution in [3.63, 3.8) is 0 Å². The van der Waals surface area contributed by atoms with E-state index >= 15 is 0 Å². The molecule has 4 aromatic rings. The summed E-state index contributed by atoms with van der Waals surface area (Å²) in [5.74, 6) is 1.22. The van der Waals surface area contributed by atoms with Crippen LogP contribution in [-0.4, -0.2) is 23.2 Å². The number of furan rings is 1. The van der Waals surface area contributed by atoms with E-state index in [2.05, 4.69) is 4.98 Å². The highest BCUT2D eigenvalue weighted by molar-refractivity contribution is 6.03. The van der Waals surface area contributed by atoms with Gasteiger partial charge in [-0.25, -0.2) is 4.79 Å². The van der Waals surface area contributed by atoms with Crippen molar-refractivity contribution in [2.45, 2.75) is 6.92 Å². The Balaban J connectivity index is 1.78. The minimum Gasteiger partial charge on any atom is -0.497 e. The van der Waals surface area contributed by atoms with Gasteiger partial charge in [-0.05, 0) is 43.3 Å². The number of hydrogen-bond donors (Lipinski definition) is 1. The molecule has 0 saturated carbocycles. The number of aromatic nitrogens is 1. The van der Waals surface area contributed by atoms with Crippen LogP contribution in [0.3, 0.4) is 0 Å². The summed E-state index contributed by atoms with van der Waals surface area (Å²) in [7, 11) is 1.60. The Kier molecular flexibility index (Phi) is 3.73. The number of fused-ring (bicyclic) bond motifs is 2. The van der Waals surface area contributed by atoms with Crippen LogP contribution in [0, 0.1) is 6.92 Å². The van der Waals surface area contributed by atoms with Gasteiger partial charge in [-0.3, -0.25) is 4.98 Å². The Labute approximate surface area is 148 Å². The van der Waals surface area contributed by atoms with Crippen LogP contribution in [0.1, 0.15) is 16.1 Å². The number of hydrogen-bond acceptors (Lipinski definition) is 5. The van der Waals surface area contributed by atoms with Gasteiger partial charge in [0.15, 0.2) is 0 Å². The molecule has 2 aromatic heterocycles. The van der Waals surface area contributed by atoms with E-state index < -0.39 is 5.97 Å². The van der Waals surface area contributed by atoms with Crippen molar-refractivity contribution >= 4 is 27.8 Å². The Morgan fingerprint density at radius 2 is 1.88 bits per heavy atom. The molecule has 6 nitrogen and oxygen atoms in total. The summed E-state index contributed by atoms with van der Waals surface area (Å²) in [4.78, 5) is 15.7. The van der Waals surface area contributed by atoms with E-state index in [0.717, 1.165) is 10.9 Å². The Hall–Kier alpha value is -3.54. The average Bonchev–Trinajstić information content (AvgIpc) is 2.96. The molecule has 0 amide bonds. The predicted octanol–water partition coefficient (Wildman–Crippen LogP) is 4.79. The van der Waals surface area contributed by atoms with Crippen molar-refractivity contribution in [3.05, 3.63) is 60.0 Å². The third kappa shape index (κ3) is 2.61. The zero-order chi connectivity index (χ0) is 18.3.